The maximum absolute atomic E-state index is 12.9. The highest BCUT2D eigenvalue weighted by atomic mass is 32.2. The second-order valence-corrected chi connectivity index (χ2v) is 8.19. The van der Waals surface area contributed by atoms with Crippen molar-refractivity contribution in [2.24, 2.45) is 10.2 Å². The molecule has 2 heterocycles. The Balaban J connectivity index is 1.69. The van der Waals surface area contributed by atoms with Crippen LogP contribution in [-0.4, -0.2) is 24.4 Å². The minimum atomic E-state index is -3.81. The lowest BCUT2D eigenvalue weighted by molar-refractivity contribution is 0.174. The van der Waals surface area contributed by atoms with E-state index in [4.69, 9.17) is 9.47 Å². The second-order valence-electron chi connectivity index (χ2n) is 6.42. The van der Waals surface area contributed by atoms with E-state index in [1.165, 1.54) is 0 Å². The average molecular weight is 398 g/mol. The van der Waals surface area contributed by atoms with Gasteiger partial charge in [-0.25, -0.2) is 0 Å². The first-order valence-corrected chi connectivity index (χ1v) is 10.00. The standard InChI is InChI=1S/C19H18N4O4S/c1-12-4-7-16(8-5-12)28(24,25)23-14(3)19(13(2)22-23)21-20-15-6-9-17-18(10-15)27-11-26-17/h4-10H,11H2,1-3H3. The summed E-state index contributed by atoms with van der Waals surface area (Å²) in [4.78, 5) is 0.169. The van der Waals surface area contributed by atoms with Gasteiger partial charge >= 0.3 is 0 Å². The number of benzene rings is 2. The number of ether oxygens (including phenoxy) is 2. The molecule has 0 saturated carbocycles. The molecule has 4 rings (SSSR count). The van der Waals surface area contributed by atoms with Gasteiger partial charge in [0, 0.05) is 6.07 Å². The molecule has 0 aliphatic carbocycles. The highest BCUT2D eigenvalue weighted by molar-refractivity contribution is 7.89. The van der Waals surface area contributed by atoms with Gasteiger partial charge in [0.15, 0.2) is 11.5 Å². The van der Waals surface area contributed by atoms with Gasteiger partial charge in [0.2, 0.25) is 6.79 Å². The first kappa shape index (κ1) is 18.2. The van der Waals surface area contributed by atoms with Crippen molar-refractivity contribution in [1.29, 1.82) is 0 Å². The molecule has 1 aromatic heterocycles. The number of aromatic nitrogens is 2. The highest BCUT2D eigenvalue weighted by Gasteiger charge is 2.23. The van der Waals surface area contributed by atoms with E-state index in [0.29, 0.717) is 34.3 Å². The summed E-state index contributed by atoms with van der Waals surface area (Å²) < 4.78 is 37.5. The summed E-state index contributed by atoms with van der Waals surface area (Å²) in [5.74, 6) is 1.26. The molecule has 0 saturated heterocycles. The van der Waals surface area contributed by atoms with E-state index in [9.17, 15) is 8.42 Å². The predicted molar refractivity (Wildman–Crippen MR) is 102 cm³/mol. The third-order valence-electron chi connectivity index (χ3n) is 4.38. The van der Waals surface area contributed by atoms with Crippen LogP contribution in [0.5, 0.6) is 11.5 Å². The van der Waals surface area contributed by atoms with Gasteiger partial charge in [0.25, 0.3) is 10.0 Å². The molecule has 0 amide bonds. The van der Waals surface area contributed by atoms with Gasteiger partial charge in [-0.05, 0) is 45.0 Å². The van der Waals surface area contributed by atoms with Crippen molar-refractivity contribution in [3.8, 4) is 11.5 Å². The molecule has 0 fully saturated rings. The van der Waals surface area contributed by atoms with E-state index in [0.717, 1.165) is 9.65 Å². The summed E-state index contributed by atoms with van der Waals surface area (Å²) >= 11 is 0. The van der Waals surface area contributed by atoms with E-state index < -0.39 is 10.0 Å². The fourth-order valence-corrected chi connectivity index (χ4v) is 4.21. The van der Waals surface area contributed by atoms with Crippen molar-refractivity contribution in [1.82, 2.24) is 9.19 Å². The zero-order valence-corrected chi connectivity index (χ0v) is 16.4. The van der Waals surface area contributed by atoms with Crippen LogP contribution in [0.1, 0.15) is 17.0 Å². The fraction of sp³-hybridized carbons (Fsp3) is 0.211. The zero-order valence-electron chi connectivity index (χ0n) is 15.6. The molecule has 1 aliphatic heterocycles. The van der Waals surface area contributed by atoms with Crippen LogP contribution in [0.2, 0.25) is 0 Å². The Morgan fingerprint density at radius 2 is 1.68 bits per heavy atom. The van der Waals surface area contributed by atoms with Gasteiger partial charge in [0.1, 0.15) is 5.69 Å². The van der Waals surface area contributed by atoms with E-state index in [1.54, 1.807) is 56.3 Å². The Hall–Kier alpha value is -3.20. The number of rotatable bonds is 4. The van der Waals surface area contributed by atoms with Gasteiger partial charge in [-0.2, -0.15) is 22.7 Å². The van der Waals surface area contributed by atoms with Gasteiger partial charge in [0.05, 0.1) is 22.0 Å². The molecule has 144 valence electrons. The minimum absolute atomic E-state index is 0.169. The van der Waals surface area contributed by atoms with Crippen molar-refractivity contribution in [3.05, 3.63) is 59.4 Å². The molecule has 1 aliphatic rings. The van der Waals surface area contributed by atoms with Crippen LogP contribution in [0, 0.1) is 20.8 Å². The Bertz CT molecular complexity index is 1180. The van der Waals surface area contributed by atoms with Gasteiger partial charge in [-0.15, -0.1) is 5.11 Å². The summed E-state index contributed by atoms with van der Waals surface area (Å²) in [5.41, 5.74) is 2.82. The summed E-state index contributed by atoms with van der Waals surface area (Å²) in [5, 5.41) is 12.6. The van der Waals surface area contributed by atoms with Gasteiger partial charge < -0.3 is 9.47 Å². The molecule has 2 aromatic carbocycles. The fourth-order valence-electron chi connectivity index (χ4n) is 2.85. The van der Waals surface area contributed by atoms with Crippen molar-refractivity contribution >= 4 is 21.4 Å². The van der Waals surface area contributed by atoms with Crippen LogP contribution in [0.25, 0.3) is 0 Å². The molecular formula is C19H18N4O4S. The van der Waals surface area contributed by atoms with Crippen LogP contribution < -0.4 is 9.47 Å². The monoisotopic (exact) mass is 398 g/mol. The number of nitrogens with zero attached hydrogens (tertiary/aromatic N) is 4. The van der Waals surface area contributed by atoms with E-state index in [2.05, 4.69) is 15.3 Å². The molecule has 0 radical (unpaired) electrons. The number of aryl methyl sites for hydroxylation is 2. The number of hydrogen-bond donors (Lipinski definition) is 0. The topological polar surface area (TPSA) is 95.1 Å². The molecule has 28 heavy (non-hydrogen) atoms. The molecule has 0 atom stereocenters. The Morgan fingerprint density at radius 3 is 2.43 bits per heavy atom. The maximum Gasteiger partial charge on any atom is 0.283 e. The number of azo groups is 1. The quantitative estimate of drug-likeness (QED) is 0.614. The molecule has 0 spiro atoms. The smallest absolute Gasteiger partial charge is 0.283 e. The molecular weight excluding hydrogens is 380 g/mol. The van der Waals surface area contributed by atoms with E-state index in [-0.39, 0.29) is 11.7 Å². The lowest BCUT2D eigenvalue weighted by Crippen LogP contribution is -2.16. The predicted octanol–water partition coefficient (Wildman–Crippen LogP) is 4.19. The van der Waals surface area contributed by atoms with Gasteiger partial charge in [-0.3, -0.25) is 0 Å². The second kappa shape index (κ2) is 6.75. The average Bonchev–Trinajstić information content (AvgIpc) is 3.24. The van der Waals surface area contributed by atoms with Crippen molar-refractivity contribution in [2.75, 3.05) is 6.79 Å². The third kappa shape index (κ3) is 3.13. The summed E-state index contributed by atoms with van der Waals surface area (Å²) in [6.07, 6.45) is 0. The number of fused-ring (bicyclic) bond motifs is 1. The van der Waals surface area contributed by atoms with E-state index in [1.807, 2.05) is 6.92 Å². The van der Waals surface area contributed by atoms with Crippen molar-refractivity contribution in [3.63, 3.8) is 0 Å². The van der Waals surface area contributed by atoms with Crippen LogP contribution >= 0.6 is 0 Å². The van der Waals surface area contributed by atoms with Crippen LogP contribution in [-0.2, 0) is 10.0 Å². The van der Waals surface area contributed by atoms with Gasteiger partial charge in [-0.1, -0.05) is 17.7 Å². The van der Waals surface area contributed by atoms with Crippen LogP contribution in [0.15, 0.2) is 57.6 Å². The summed E-state index contributed by atoms with van der Waals surface area (Å²) in [6, 6.07) is 11.8. The maximum atomic E-state index is 12.9. The third-order valence-corrected chi connectivity index (χ3v) is 6.06. The van der Waals surface area contributed by atoms with Crippen molar-refractivity contribution < 1.29 is 17.9 Å². The van der Waals surface area contributed by atoms with Crippen molar-refractivity contribution in [2.45, 2.75) is 25.7 Å². The molecule has 3 aromatic rings. The van der Waals surface area contributed by atoms with Crippen LogP contribution in [0.3, 0.4) is 0 Å². The lowest BCUT2D eigenvalue weighted by Gasteiger charge is -2.06. The first-order chi connectivity index (χ1) is 13.4. The lowest BCUT2D eigenvalue weighted by atomic mass is 10.2. The Morgan fingerprint density at radius 1 is 0.964 bits per heavy atom. The van der Waals surface area contributed by atoms with E-state index >= 15 is 0 Å². The first-order valence-electron chi connectivity index (χ1n) is 8.56. The summed E-state index contributed by atoms with van der Waals surface area (Å²) in [7, 11) is -3.81. The van der Waals surface area contributed by atoms with Crippen LogP contribution in [0.4, 0.5) is 11.4 Å². The molecule has 9 heteroatoms. The molecule has 0 unspecified atom stereocenters. The minimum Gasteiger partial charge on any atom is -0.454 e. The highest BCUT2D eigenvalue weighted by Crippen LogP contribution is 2.36. The summed E-state index contributed by atoms with van der Waals surface area (Å²) in [6.45, 7) is 5.42. The Kier molecular flexibility index (Phi) is 4.38. The molecule has 0 N–H and O–H groups in total. The zero-order chi connectivity index (χ0) is 19.9. The largest absolute Gasteiger partial charge is 0.454 e. The normalized spacial score (nSPS) is 13.4. The Labute approximate surface area is 162 Å². The molecule has 0 bridgehead atoms. The SMILES string of the molecule is Cc1ccc(S(=O)(=O)n2nc(C)c(N=Nc3ccc4c(c3)OCO4)c2C)cc1. The number of hydrogen-bond acceptors (Lipinski definition) is 7. The molecule has 8 nitrogen and oxygen atoms in total.